The molecule has 8 rings (SSSR count). The lowest BCUT2D eigenvalue weighted by atomic mass is 9.99. The first-order valence-corrected chi connectivity index (χ1v) is 46.1. The van der Waals surface area contributed by atoms with Gasteiger partial charge in [-0.2, -0.15) is 0 Å². The molecule has 45 heteroatoms. The topological polar surface area (TPSA) is 661 Å². The molecule has 0 saturated carbocycles. The van der Waals surface area contributed by atoms with Crippen LogP contribution in [0.3, 0.4) is 0 Å². The zero-order valence-corrected chi connectivity index (χ0v) is 77.6. The van der Waals surface area contributed by atoms with Gasteiger partial charge in [0.15, 0.2) is 0 Å². The third-order valence-corrected chi connectivity index (χ3v) is 25.0. The molecule has 44 nitrogen and oxygen atoms in total. The number of aliphatic carboxylic acids is 2. The lowest BCUT2D eigenvalue weighted by Crippen LogP contribution is -2.61. The van der Waals surface area contributed by atoms with Crippen molar-refractivity contribution >= 4 is 146 Å². The summed E-state index contributed by atoms with van der Waals surface area (Å²) in [5.41, 5.74) is 19.5. The number of fused-ring (bicyclic) bond motifs is 4. The molecule has 3 fully saturated rings. The highest BCUT2D eigenvalue weighted by Gasteiger charge is 2.47. The van der Waals surface area contributed by atoms with Gasteiger partial charge < -0.3 is 130 Å². The maximum atomic E-state index is 15.9. The molecule has 135 heavy (non-hydrogen) atoms. The number of likely N-dealkylation sites (N-methyl/N-ethyl adjacent to an activating group) is 3. The molecule has 0 aliphatic carbocycles. The number of carboxylic acids is 2. The number of nitrogens with one attached hydrogen (secondary N) is 11. The number of carbonyl (C=O) groups is 19. The molecular formula is C90H126N20O24S. The number of phenolic OH excluding ortho intramolecular Hbond substituents is 1. The van der Waals surface area contributed by atoms with E-state index >= 15 is 33.6 Å². The fourth-order valence-corrected chi connectivity index (χ4v) is 17.5. The Balaban J connectivity index is 1.21. The molecule has 0 bridgehead atoms. The Hall–Kier alpha value is -13.3. The standard InChI is InChI=1S/C90H126N20O24S/c1-9-11-21-68-83(127)98-58(29-30-75(117)118)79(123)104-66(78(122)95-41-73(93)115)46-135-47-74(116)96-62(35-50-25-27-53(112)28-26-50)86(130)105(6)49(5)77(121)100-64(39-72(92)114)88(132)109-33-17-24-69(109)84(128)103-65(45-111)82(126)101-61(34-48(3)4)89(133)110-43-54(113)38-71(110)85(129)99-60(36-51-40-94-57-20-15-13-18-55(51)57)81(125)97-59(31-32-91)80(124)102-63(87(131)107(8)70(22-12-10-2)90(134)106(68)7)37-52-42-108(44-76(119)120)67-23-16-14-19-56(52)67/h13-16,18-20,23,25-28,40,42,48-49,54,58-66,68-71,94,111-113H,9-12,17,21-22,24,29-39,41,43-47,91H2,1-8H3,(H2,92,114)(H2,93,115)(H,95,122)(H,96,116)(H,97,125)(H,98,127)(H,99,129)(H,100,121)(H,101,126)(H,102,124)(H,103,128)(H,104,123)(H,117,118)(H,119,120)/t49-,54+,58-,59-,60-,61-,62-,63-,64-,65-,66-,68-,69-,70-,71-/m0/s1. The van der Waals surface area contributed by atoms with Crippen molar-refractivity contribution in [2.24, 2.45) is 23.1 Å². The van der Waals surface area contributed by atoms with Gasteiger partial charge >= 0.3 is 11.9 Å². The van der Waals surface area contributed by atoms with E-state index in [1.807, 2.05) is 0 Å². The molecule has 0 spiro atoms. The van der Waals surface area contributed by atoms with Gasteiger partial charge in [0, 0.05) is 106 Å². The number of primary amides is 2. The second-order valence-electron chi connectivity index (χ2n) is 34.6. The fraction of sp³-hybridized carbons (Fsp3) is 0.544. The van der Waals surface area contributed by atoms with E-state index in [1.54, 1.807) is 82.4 Å². The maximum Gasteiger partial charge on any atom is 0.323 e. The minimum Gasteiger partial charge on any atom is -0.508 e. The van der Waals surface area contributed by atoms with Crippen LogP contribution in [0.4, 0.5) is 0 Å². The number of nitrogens with two attached hydrogens (primary N) is 3. The number of aromatic amines is 1. The number of H-pyrrole nitrogens is 1. The number of unbranched alkanes of at least 4 members (excludes halogenated alkanes) is 2. The van der Waals surface area contributed by atoms with Gasteiger partial charge in [0.1, 0.15) is 96.9 Å². The highest BCUT2D eigenvalue weighted by atomic mass is 32.2. The zero-order valence-electron chi connectivity index (χ0n) is 76.8. The summed E-state index contributed by atoms with van der Waals surface area (Å²) in [4.78, 5) is 282. The van der Waals surface area contributed by atoms with Crippen LogP contribution in [0.25, 0.3) is 21.8 Å². The van der Waals surface area contributed by atoms with Gasteiger partial charge in [-0.3, -0.25) is 91.1 Å². The number of rotatable bonds is 27. The average Bonchev–Trinajstić information content (AvgIpc) is 1.68. The fourth-order valence-electron chi connectivity index (χ4n) is 16.6. The molecule has 22 N–H and O–H groups in total. The lowest BCUT2D eigenvalue weighted by Gasteiger charge is -2.36. The van der Waals surface area contributed by atoms with Crippen LogP contribution < -0.4 is 70.4 Å². The van der Waals surface area contributed by atoms with Crippen LogP contribution in [0.5, 0.6) is 5.75 Å². The van der Waals surface area contributed by atoms with Crippen LogP contribution in [-0.4, -0.2) is 328 Å². The molecule has 736 valence electrons. The number of phenols is 1. The van der Waals surface area contributed by atoms with Gasteiger partial charge in [0.25, 0.3) is 0 Å². The molecule has 3 aliphatic heterocycles. The van der Waals surface area contributed by atoms with Crippen LogP contribution in [0.1, 0.15) is 141 Å². The van der Waals surface area contributed by atoms with E-state index in [0.29, 0.717) is 63.1 Å². The molecule has 0 radical (unpaired) electrons. The number of thioether (sulfide) groups is 1. The van der Waals surface area contributed by atoms with Crippen molar-refractivity contribution in [3.8, 4) is 5.75 Å². The molecule has 3 saturated heterocycles. The number of aliphatic hydroxyl groups excluding tert-OH is 2. The number of para-hydroxylation sites is 2. The predicted molar refractivity (Wildman–Crippen MR) is 490 cm³/mol. The largest absolute Gasteiger partial charge is 0.508 e. The second kappa shape index (κ2) is 50.7. The summed E-state index contributed by atoms with van der Waals surface area (Å²) in [5.74, 6) is -21.6. The minimum absolute atomic E-state index is 0.0736. The molecule has 17 amide bonds. The zero-order chi connectivity index (χ0) is 99.4. The van der Waals surface area contributed by atoms with Crippen molar-refractivity contribution in [2.75, 3.05) is 65.4 Å². The van der Waals surface area contributed by atoms with Crippen LogP contribution in [0, 0.1) is 5.92 Å². The van der Waals surface area contributed by atoms with Gasteiger partial charge in [-0.15, -0.1) is 11.8 Å². The van der Waals surface area contributed by atoms with E-state index in [0.717, 1.165) is 24.5 Å². The maximum absolute atomic E-state index is 15.9. The van der Waals surface area contributed by atoms with E-state index in [1.165, 1.54) is 63.1 Å². The van der Waals surface area contributed by atoms with Crippen LogP contribution in [0.15, 0.2) is 85.2 Å². The van der Waals surface area contributed by atoms with Gasteiger partial charge in [-0.05, 0) is 105 Å². The Kier molecular flexibility index (Phi) is 40.2. The Morgan fingerprint density at radius 1 is 0.556 bits per heavy atom. The SMILES string of the molecule is CCCC[C@H]1C(=O)N(C)[C@@H](CCCC)C(=O)N[C@@H](CCC(=O)O)C(=O)N[C@H](C(=O)NCC(N)=O)CSCC(=O)N[C@@H](Cc2ccc(O)cc2)C(=O)N(C)[C@@H](C)C(=O)N[C@@H](CC(N)=O)C(=O)N2CCC[C@H]2C(=O)N[C@@H](CO)C(=O)N[C@@H](CC(C)C)C(=O)N2C[C@H](O)C[C@H]2C(=O)N[C@@H](Cc2c[nH]c3ccccc23)C(=O)N[C@@H](CCN)C(=O)N[C@@H](Cc2cn(CC(=O)O)c3ccccc23)C(=O)N1C. The second-order valence-corrected chi connectivity index (χ2v) is 35.6. The molecule has 0 unspecified atom stereocenters. The first kappa shape index (κ1) is 107. The van der Waals surface area contributed by atoms with Crippen molar-refractivity contribution in [1.82, 2.24) is 87.2 Å². The van der Waals surface area contributed by atoms with E-state index in [4.69, 9.17) is 17.2 Å². The highest BCUT2D eigenvalue weighted by Crippen LogP contribution is 2.29. The summed E-state index contributed by atoms with van der Waals surface area (Å²) in [6, 6.07) is -3.94. The van der Waals surface area contributed by atoms with E-state index in [2.05, 4.69) is 58.2 Å². The van der Waals surface area contributed by atoms with Crippen molar-refractivity contribution < 1.29 is 117 Å². The molecule has 15 atom stereocenters. The van der Waals surface area contributed by atoms with Gasteiger partial charge in [0.2, 0.25) is 100 Å². The van der Waals surface area contributed by atoms with Gasteiger partial charge in [0.05, 0.1) is 31.4 Å². The first-order valence-electron chi connectivity index (χ1n) is 45.0. The normalized spacial score (nSPS) is 24.8. The number of aromatic nitrogens is 2. The number of hydrogen-bond acceptors (Lipinski definition) is 24. The van der Waals surface area contributed by atoms with Gasteiger partial charge in [-0.25, -0.2) is 0 Å². The Labute approximate surface area is 783 Å². The Bertz CT molecular complexity index is 5130. The summed E-state index contributed by atoms with van der Waals surface area (Å²) < 4.78 is 1.41. The Morgan fingerprint density at radius 3 is 1.76 bits per heavy atom. The molecule has 5 aromatic rings. The average molecular weight is 1900 g/mol. The van der Waals surface area contributed by atoms with Gasteiger partial charge in [-0.1, -0.05) is 102 Å². The first-order chi connectivity index (χ1) is 64.1. The molecule has 3 aliphatic rings. The highest BCUT2D eigenvalue weighted by molar-refractivity contribution is 8.00. The quantitative estimate of drug-likeness (QED) is 0.0244. The summed E-state index contributed by atoms with van der Waals surface area (Å²) in [5, 5.41) is 79.2. The molecule has 2 aromatic heterocycles. The summed E-state index contributed by atoms with van der Waals surface area (Å²) in [7, 11) is 3.73. The number of carbonyl (C=O) groups excluding carboxylic acids is 17. The van der Waals surface area contributed by atoms with Crippen LogP contribution >= 0.6 is 11.8 Å². The third kappa shape index (κ3) is 29.8. The number of aromatic hydroxyl groups is 1. The molecular weight excluding hydrogens is 1780 g/mol. The summed E-state index contributed by atoms with van der Waals surface area (Å²) in [6.07, 6.45) is -1.36. The predicted octanol–water partition coefficient (Wildman–Crippen LogP) is -3.39. The number of hydrogen-bond donors (Lipinski definition) is 19. The van der Waals surface area contributed by atoms with Crippen molar-refractivity contribution in [3.05, 3.63) is 102 Å². The van der Waals surface area contributed by atoms with Crippen LogP contribution in [0.2, 0.25) is 0 Å². The number of benzene rings is 3. The summed E-state index contributed by atoms with van der Waals surface area (Å²) >= 11 is 0.690. The molecule has 5 heterocycles. The van der Waals surface area contributed by atoms with Crippen molar-refractivity contribution in [3.63, 3.8) is 0 Å². The lowest BCUT2D eigenvalue weighted by molar-refractivity contribution is -0.149. The monoisotopic (exact) mass is 1900 g/mol. The van der Waals surface area contributed by atoms with Crippen molar-refractivity contribution in [1.29, 1.82) is 0 Å². The third-order valence-electron chi connectivity index (χ3n) is 24.0. The van der Waals surface area contributed by atoms with E-state index in [-0.39, 0.29) is 83.0 Å². The number of carboxylic acid groups (broad SMARTS) is 2. The van der Waals surface area contributed by atoms with E-state index < -0.39 is 279 Å². The van der Waals surface area contributed by atoms with Crippen LogP contribution in [-0.2, 0) is 117 Å². The Morgan fingerprint density at radius 2 is 1.11 bits per heavy atom. The van der Waals surface area contributed by atoms with E-state index in [9.17, 15) is 83.1 Å². The van der Waals surface area contributed by atoms with Crippen molar-refractivity contribution in [2.45, 2.75) is 241 Å². The summed E-state index contributed by atoms with van der Waals surface area (Å²) in [6.45, 7) is 4.80. The number of nitrogens with zero attached hydrogens (tertiary/aromatic N) is 6. The molecule has 3 aromatic carbocycles. The number of aliphatic hydroxyl groups is 2. The number of amides is 17. The smallest absolute Gasteiger partial charge is 0.323 e. The minimum atomic E-state index is -1.85.